The van der Waals surface area contributed by atoms with Crippen LogP contribution in [0.4, 0.5) is 0 Å². The van der Waals surface area contributed by atoms with Crippen LogP contribution in [0.2, 0.25) is 0 Å². The molecule has 1 saturated carbocycles. The molecule has 0 aromatic carbocycles. The Morgan fingerprint density at radius 1 is 1.50 bits per heavy atom. The topological polar surface area (TPSA) is 46.3 Å². The maximum atomic E-state index is 11.5. The van der Waals surface area contributed by atoms with E-state index in [9.17, 15) is 4.79 Å². The number of carbonyl (C=O) groups excluding carboxylic acids is 1. The van der Waals surface area contributed by atoms with Gasteiger partial charge in [0.25, 0.3) is 0 Å². The minimum absolute atomic E-state index is 0.262. The number of amides is 1. The van der Waals surface area contributed by atoms with Crippen LogP contribution in [0.15, 0.2) is 0 Å². The van der Waals surface area contributed by atoms with Gasteiger partial charge in [-0.2, -0.15) is 0 Å². The molecule has 0 spiro atoms. The summed E-state index contributed by atoms with van der Waals surface area (Å²) in [5, 5.41) is 0. The molecule has 1 fully saturated rings. The highest BCUT2D eigenvalue weighted by Gasteiger charge is 2.35. The summed E-state index contributed by atoms with van der Waals surface area (Å²) in [6.45, 7) is 5.65. The van der Waals surface area contributed by atoms with Gasteiger partial charge < -0.3 is 10.6 Å². The van der Waals surface area contributed by atoms with Gasteiger partial charge in [-0.3, -0.25) is 4.79 Å². The molecule has 1 amide bonds. The van der Waals surface area contributed by atoms with Crippen LogP contribution >= 0.6 is 0 Å². The Balaban J connectivity index is 2.26. The fourth-order valence-electron chi connectivity index (χ4n) is 1.44. The molecular formula is C9H18N2O. The Labute approximate surface area is 73.9 Å². The number of nitrogens with two attached hydrogens (primary N) is 1. The van der Waals surface area contributed by atoms with E-state index < -0.39 is 0 Å². The normalized spacial score (nSPS) is 26.9. The number of carbonyl (C=O) groups is 1. The van der Waals surface area contributed by atoms with Crippen molar-refractivity contribution in [1.29, 1.82) is 0 Å². The summed E-state index contributed by atoms with van der Waals surface area (Å²) in [6, 6.07) is 0.296. The first-order valence-electron chi connectivity index (χ1n) is 4.72. The molecule has 0 aliphatic heterocycles. The molecule has 1 aliphatic rings. The Hall–Kier alpha value is -0.570. The van der Waals surface area contributed by atoms with Gasteiger partial charge >= 0.3 is 0 Å². The van der Waals surface area contributed by atoms with Crippen LogP contribution in [-0.4, -0.2) is 29.9 Å². The second-order valence-corrected chi connectivity index (χ2v) is 3.43. The fourth-order valence-corrected chi connectivity index (χ4v) is 1.44. The average molecular weight is 170 g/mol. The third kappa shape index (κ3) is 2.21. The highest BCUT2D eigenvalue weighted by atomic mass is 16.2. The van der Waals surface area contributed by atoms with Crippen LogP contribution in [0, 0.1) is 5.92 Å². The maximum absolute atomic E-state index is 11.5. The van der Waals surface area contributed by atoms with E-state index in [4.69, 9.17) is 5.73 Å². The standard InChI is InChI=1S/C9H18N2O/c1-3-11(4-2)9(12)6-7-5-8(7)10/h7-8H,3-6,10H2,1-2H3. The lowest BCUT2D eigenvalue weighted by Gasteiger charge is -2.18. The molecule has 1 rings (SSSR count). The average Bonchev–Trinajstić information content (AvgIpc) is 2.69. The van der Waals surface area contributed by atoms with E-state index >= 15 is 0 Å². The first kappa shape index (κ1) is 9.52. The smallest absolute Gasteiger partial charge is 0.222 e. The van der Waals surface area contributed by atoms with Crippen molar-refractivity contribution < 1.29 is 4.79 Å². The zero-order chi connectivity index (χ0) is 9.14. The zero-order valence-electron chi connectivity index (χ0n) is 7.92. The summed E-state index contributed by atoms with van der Waals surface area (Å²) in [5.41, 5.74) is 5.63. The molecule has 2 unspecified atom stereocenters. The van der Waals surface area contributed by atoms with Crippen molar-refractivity contribution in [3.8, 4) is 0 Å². The van der Waals surface area contributed by atoms with Gasteiger partial charge in [0.2, 0.25) is 5.91 Å². The highest BCUT2D eigenvalue weighted by Crippen LogP contribution is 2.31. The highest BCUT2D eigenvalue weighted by molar-refractivity contribution is 5.76. The Morgan fingerprint density at radius 3 is 2.33 bits per heavy atom. The second-order valence-electron chi connectivity index (χ2n) is 3.43. The molecule has 2 N–H and O–H groups in total. The van der Waals surface area contributed by atoms with Crippen molar-refractivity contribution in [2.75, 3.05) is 13.1 Å². The number of hydrogen-bond donors (Lipinski definition) is 1. The van der Waals surface area contributed by atoms with E-state index in [2.05, 4.69) is 0 Å². The quantitative estimate of drug-likeness (QED) is 0.671. The van der Waals surface area contributed by atoms with Gasteiger partial charge in [-0.05, 0) is 26.2 Å². The van der Waals surface area contributed by atoms with Crippen LogP contribution in [0.1, 0.15) is 26.7 Å². The van der Waals surface area contributed by atoms with Crippen molar-refractivity contribution in [2.24, 2.45) is 11.7 Å². The van der Waals surface area contributed by atoms with Gasteiger partial charge in [0.05, 0.1) is 0 Å². The lowest BCUT2D eigenvalue weighted by molar-refractivity contribution is -0.131. The lowest BCUT2D eigenvalue weighted by Crippen LogP contribution is -2.31. The molecular weight excluding hydrogens is 152 g/mol. The van der Waals surface area contributed by atoms with Crippen molar-refractivity contribution >= 4 is 5.91 Å². The van der Waals surface area contributed by atoms with Crippen LogP contribution in [0.5, 0.6) is 0 Å². The minimum atomic E-state index is 0.262. The maximum Gasteiger partial charge on any atom is 0.222 e. The van der Waals surface area contributed by atoms with Crippen molar-refractivity contribution in [2.45, 2.75) is 32.7 Å². The van der Waals surface area contributed by atoms with Gasteiger partial charge in [-0.1, -0.05) is 0 Å². The van der Waals surface area contributed by atoms with Crippen LogP contribution in [-0.2, 0) is 4.79 Å². The van der Waals surface area contributed by atoms with Crippen LogP contribution in [0.3, 0.4) is 0 Å². The van der Waals surface area contributed by atoms with Gasteiger partial charge in [-0.25, -0.2) is 0 Å². The van der Waals surface area contributed by atoms with Gasteiger partial charge in [0, 0.05) is 25.6 Å². The molecule has 12 heavy (non-hydrogen) atoms. The molecule has 0 heterocycles. The summed E-state index contributed by atoms with van der Waals surface area (Å²) in [6.07, 6.45) is 1.69. The van der Waals surface area contributed by atoms with Crippen LogP contribution < -0.4 is 5.73 Å². The molecule has 1 aliphatic carbocycles. The Bertz CT molecular complexity index is 166. The molecule has 2 atom stereocenters. The van der Waals surface area contributed by atoms with Crippen molar-refractivity contribution in [3.05, 3.63) is 0 Å². The van der Waals surface area contributed by atoms with Crippen molar-refractivity contribution in [1.82, 2.24) is 4.90 Å². The Kier molecular flexibility index (Phi) is 3.09. The van der Waals surface area contributed by atoms with Gasteiger partial charge in [-0.15, -0.1) is 0 Å². The summed E-state index contributed by atoms with van der Waals surface area (Å²) in [5.74, 6) is 0.732. The van der Waals surface area contributed by atoms with E-state index in [0.717, 1.165) is 19.5 Å². The first-order valence-corrected chi connectivity index (χ1v) is 4.72. The van der Waals surface area contributed by atoms with Gasteiger partial charge in [0.15, 0.2) is 0 Å². The summed E-state index contributed by atoms with van der Waals surface area (Å²) in [4.78, 5) is 13.3. The third-order valence-corrected chi connectivity index (χ3v) is 2.53. The van der Waals surface area contributed by atoms with E-state index in [-0.39, 0.29) is 5.91 Å². The monoisotopic (exact) mass is 170 g/mol. The zero-order valence-corrected chi connectivity index (χ0v) is 7.92. The van der Waals surface area contributed by atoms with Crippen molar-refractivity contribution in [3.63, 3.8) is 0 Å². The molecule has 70 valence electrons. The molecule has 0 saturated heterocycles. The molecule has 3 nitrogen and oxygen atoms in total. The van der Waals surface area contributed by atoms with Gasteiger partial charge in [0.1, 0.15) is 0 Å². The summed E-state index contributed by atoms with van der Waals surface area (Å²) >= 11 is 0. The largest absolute Gasteiger partial charge is 0.343 e. The summed E-state index contributed by atoms with van der Waals surface area (Å²) < 4.78 is 0. The molecule has 0 aromatic heterocycles. The summed E-state index contributed by atoms with van der Waals surface area (Å²) in [7, 11) is 0. The van der Waals surface area contributed by atoms with Crippen LogP contribution in [0.25, 0.3) is 0 Å². The predicted octanol–water partition coefficient (Wildman–Crippen LogP) is 0.592. The van der Waals surface area contributed by atoms with E-state index in [1.807, 2.05) is 18.7 Å². The number of nitrogens with zero attached hydrogens (tertiary/aromatic N) is 1. The predicted molar refractivity (Wildman–Crippen MR) is 48.6 cm³/mol. The first-order chi connectivity index (χ1) is 5.69. The lowest BCUT2D eigenvalue weighted by atomic mass is 10.2. The fraction of sp³-hybridized carbons (Fsp3) is 0.889. The van der Waals surface area contributed by atoms with E-state index in [1.165, 1.54) is 0 Å². The number of rotatable bonds is 4. The molecule has 0 bridgehead atoms. The molecule has 0 aromatic rings. The van der Waals surface area contributed by atoms with E-state index in [1.54, 1.807) is 0 Å². The van der Waals surface area contributed by atoms with E-state index in [0.29, 0.717) is 18.4 Å². The second kappa shape index (κ2) is 3.90. The molecule has 0 radical (unpaired) electrons. The number of hydrogen-bond acceptors (Lipinski definition) is 2. The third-order valence-electron chi connectivity index (χ3n) is 2.53. The minimum Gasteiger partial charge on any atom is -0.343 e. The SMILES string of the molecule is CCN(CC)C(=O)CC1CC1N. The Morgan fingerprint density at radius 2 is 2.00 bits per heavy atom. The molecule has 3 heteroatoms.